The van der Waals surface area contributed by atoms with E-state index in [2.05, 4.69) is 6.58 Å². The minimum atomic E-state index is -0.0719. The Labute approximate surface area is 104 Å². The number of benzene rings is 1. The van der Waals surface area contributed by atoms with Crippen LogP contribution in [0.5, 0.6) is 5.75 Å². The first kappa shape index (κ1) is 13.4. The van der Waals surface area contributed by atoms with Crippen LogP contribution in [0.25, 0.3) is 0 Å². The van der Waals surface area contributed by atoms with Crippen LogP contribution in [0.2, 0.25) is 0 Å². The van der Waals surface area contributed by atoms with Crippen LogP contribution in [0.4, 0.5) is 0 Å². The van der Waals surface area contributed by atoms with Crippen molar-refractivity contribution in [1.29, 1.82) is 0 Å². The van der Waals surface area contributed by atoms with Crippen LogP contribution >= 0.6 is 8.46 Å². The second-order valence-electron chi connectivity index (χ2n) is 3.52. The average Bonchev–Trinajstić information content (AvgIpc) is 2.36. The van der Waals surface area contributed by atoms with Crippen molar-refractivity contribution < 1.29 is 9.30 Å². The first-order valence-electron chi connectivity index (χ1n) is 5.27. The van der Waals surface area contributed by atoms with Gasteiger partial charge in [0.15, 0.2) is 8.46 Å². The Morgan fingerprint density at radius 3 is 2.47 bits per heavy atom. The van der Waals surface area contributed by atoms with Crippen molar-refractivity contribution >= 4 is 8.46 Å². The highest BCUT2D eigenvalue weighted by Crippen LogP contribution is 2.17. The molecule has 0 N–H and O–H groups in total. The van der Waals surface area contributed by atoms with Gasteiger partial charge in [-0.25, -0.2) is 0 Å². The van der Waals surface area contributed by atoms with Crippen LogP contribution in [0.3, 0.4) is 0 Å². The molecule has 0 fully saturated rings. The summed E-state index contributed by atoms with van der Waals surface area (Å²) in [5.74, 6) is 1.47. The van der Waals surface area contributed by atoms with Crippen molar-refractivity contribution in [1.82, 2.24) is 0 Å². The molecule has 0 spiro atoms. The molecular formula is C14H15O2P. The van der Waals surface area contributed by atoms with E-state index in [1.54, 1.807) is 12.2 Å². The van der Waals surface area contributed by atoms with Crippen LogP contribution in [-0.4, -0.2) is 0 Å². The smallest absolute Gasteiger partial charge is 0.191 e. The second kappa shape index (κ2) is 6.82. The predicted molar refractivity (Wildman–Crippen MR) is 71.5 cm³/mol. The maximum Gasteiger partial charge on any atom is 0.191 e. The van der Waals surface area contributed by atoms with E-state index in [1.807, 2.05) is 44.2 Å². The van der Waals surface area contributed by atoms with Crippen molar-refractivity contribution in [3.63, 3.8) is 0 Å². The highest BCUT2D eigenvalue weighted by atomic mass is 31.1. The van der Waals surface area contributed by atoms with E-state index in [0.717, 1.165) is 5.75 Å². The van der Waals surface area contributed by atoms with Gasteiger partial charge in [-0.3, -0.25) is 4.57 Å². The van der Waals surface area contributed by atoms with Crippen LogP contribution in [-0.2, 0) is 4.57 Å². The predicted octanol–water partition coefficient (Wildman–Crippen LogP) is 4.64. The van der Waals surface area contributed by atoms with Crippen LogP contribution < -0.4 is 4.74 Å². The lowest BCUT2D eigenvalue weighted by atomic mass is 10.2. The minimum Gasteiger partial charge on any atom is -0.458 e. The molecule has 0 aliphatic carbocycles. The number of hydrogen-bond acceptors (Lipinski definition) is 2. The average molecular weight is 246 g/mol. The van der Waals surface area contributed by atoms with Crippen molar-refractivity contribution in [3.8, 4) is 5.75 Å². The zero-order chi connectivity index (χ0) is 12.7. The fraction of sp³-hybridized carbons (Fsp3) is 0.143. The third kappa shape index (κ3) is 4.80. The third-order valence-electron chi connectivity index (χ3n) is 2.10. The summed E-state index contributed by atoms with van der Waals surface area (Å²) in [4.78, 5) is 0. The summed E-state index contributed by atoms with van der Waals surface area (Å²) in [5.41, 5.74) is 1.19. The topological polar surface area (TPSA) is 26.3 Å². The van der Waals surface area contributed by atoms with E-state index in [1.165, 1.54) is 5.56 Å². The Bertz CT molecular complexity index is 456. The summed E-state index contributed by atoms with van der Waals surface area (Å²) in [7, 11) is -0.0719. The molecule has 1 rings (SSSR count). The van der Waals surface area contributed by atoms with E-state index < -0.39 is 0 Å². The molecule has 1 aromatic carbocycles. The molecule has 0 heterocycles. The van der Waals surface area contributed by atoms with Gasteiger partial charge in [-0.2, -0.15) is 0 Å². The second-order valence-corrected chi connectivity index (χ2v) is 4.28. The number of ether oxygens (including phenoxy) is 1. The molecular weight excluding hydrogens is 231 g/mol. The molecule has 3 heteroatoms. The minimum absolute atomic E-state index is 0.0719. The molecule has 17 heavy (non-hydrogen) atoms. The Morgan fingerprint density at radius 1 is 1.29 bits per heavy atom. The number of allylic oxidation sites excluding steroid dienone is 4. The zero-order valence-corrected chi connectivity index (χ0v) is 10.9. The van der Waals surface area contributed by atoms with Gasteiger partial charge in [-0.15, -0.1) is 0 Å². The first-order chi connectivity index (χ1) is 8.15. The third-order valence-corrected chi connectivity index (χ3v) is 2.48. The summed E-state index contributed by atoms with van der Waals surface area (Å²) < 4.78 is 16.1. The van der Waals surface area contributed by atoms with E-state index >= 15 is 0 Å². The van der Waals surface area contributed by atoms with Gasteiger partial charge in [0.1, 0.15) is 11.5 Å². The van der Waals surface area contributed by atoms with Crippen LogP contribution in [0, 0.1) is 6.92 Å². The van der Waals surface area contributed by atoms with Gasteiger partial charge in [0.25, 0.3) is 0 Å². The maximum atomic E-state index is 10.5. The lowest BCUT2D eigenvalue weighted by Crippen LogP contribution is -1.91. The van der Waals surface area contributed by atoms with E-state index in [9.17, 15) is 4.57 Å². The highest BCUT2D eigenvalue weighted by molar-refractivity contribution is 7.29. The number of rotatable bonds is 5. The molecule has 0 unspecified atom stereocenters. The SMILES string of the molecule is C=C(/C=C\C(=C/C)Oc1ccc(C)cc1)P=O. The molecule has 0 aliphatic rings. The lowest BCUT2D eigenvalue weighted by molar-refractivity contribution is 0.443. The molecule has 0 aromatic heterocycles. The monoisotopic (exact) mass is 246 g/mol. The Hall–Kier alpha value is -1.66. The summed E-state index contributed by atoms with van der Waals surface area (Å²) in [6.45, 7) is 7.51. The van der Waals surface area contributed by atoms with Gasteiger partial charge in [-0.1, -0.05) is 24.3 Å². The molecule has 0 saturated carbocycles. The highest BCUT2D eigenvalue weighted by Gasteiger charge is 1.96. The maximum absolute atomic E-state index is 10.5. The van der Waals surface area contributed by atoms with E-state index in [0.29, 0.717) is 11.1 Å². The quantitative estimate of drug-likeness (QED) is 0.430. The Kier molecular flexibility index (Phi) is 5.38. The molecule has 0 aliphatic heterocycles. The lowest BCUT2D eigenvalue weighted by Gasteiger charge is -2.06. The van der Waals surface area contributed by atoms with Gasteiger partial charge in [-0.05, 0) is 44.2 Å². The van der Waals surface area contributed by atoms with E-state index in [-0.39, 0.29) is 8.46 Å². The van der Waals surface area contributed by atoms with Gasteiger partial charge >= 0.3 is 0 Å². The molecule has 0 bridgehead atoms. The summed E-state index contributed by atoms with van der Waals surface area (Å²) >= 11 is 0. The standard InChI is InChI=1S/C14H15O2P/c1-4-13(10-7-12(3)17-15)16-14-8-5-11(2)6-9-14/h4-10H,3H2,1-2H3/b10-7-,13-4+. The fourth-order valence-corrected chi connectivity index (χ4v) is 1.28. The molecule has 0 saturated heterocycles. The van der Waals surface area contributed by atoms with Gasteiger partial charge in [0, 0.05) is 5.31 Å². The molecule has 0 atom stereocenters. The van der Waals surface area contributed by atoms with Gasteiger partial charge in [0.05, 0.1) is 0 Å². The van der Waals surface area contributed by atoms with Crippen LogP contribution in [0.15, 0.2) is 60.1 Å². The zero-order valence-electron chi connectivity index (χ0n) is 10.0. The molecule has 88 valence electrons. The molecule has 2 nitrogen and oxygen atoms in total. The summed E-state index contributed by atoms with van der Waals surface area (Å²) in [5, 5.41) is 0.511. The summed E-state index contributed by atoms with van der Waals surface area (Å²) in [6, 6.07) is 7.80. The normalized spacial score (nSPS) is 12.0. The first-order valence-corrected chi connectivity index (χ1v) is 6.08. The Balaban J connectivity index is 2.71. The van der Waals surface area contributed by atoms with Crippen molar-refractivity contribution in [3.05, 3.63) is 65.7 Å². The van der Waals surface area contributed by atoms with Crippen molar-refractivity contribution in [2.24, 2.45) is 0 Å². The largest absolute Gasteiger partial charge is 0.458 e. The number of aryl methyl sites for hydroxylation is 1. The van der Waals surface area contributed by atoms with Gasteiger partial charge < -0.3 is 4.74 Å². The Morgan fingerprint density at radius 2 is 1.94 bits per heavy atom. The van der Waals surface area contributed by atoms with Gasteiger partial charge in [0.2, 0.25) is 0 Å². The fourth-order valence-electron chi connectivity index (χ4n) is 1.14. The van der Waals surface area contributed by atoms with Crippen molar-refractivity contribution in [2.45, 2.75) is 13.8 Å². The molecule has 0 radical (unpaired) electrons. The number of hydrogen-bond donors (Lipinski definition) is 0. The van der Waals surface area contributed by atoms with Crippen LogP contribution in [0.1, 0.15) is 12.5 Å². The summed E-state index contributed by atoms with van der Waals surface area (Å²) in [6.07, 6.45) is 5.25. The van der Waals surface area contributed by atoms with E-state index in [4.69, 9.17) is 4.74 Å². The molecule has 0 amide bonds. The van der Waals surface area contributed by atoms with Crippen molar-refractivity contribution in [2.75, 3.05) is 0 Å². The molecule has 1 aromatic rings.